The van der Waals surface area contributed by atoms with E-state index < -0.39 is 11.9 Å². The second-order valence-corrected chi connectivity index (χ2v) is 22.5. The molecular weight excluding hydrogens is 1190 g/mol. The molecule has 9 N–H and O–H groups in total. The number of esters is 2. The van der Waals surface area contributed by atoms with Crippen LogP contribution in [0.3, 0.4) is 0 Å². The van der Waals surface area contributed by atoms with Crippen LogP contribution in [0.15, 0.2) is 91.0 Å². The number of hydrogen-bond donors (Lipinski definition) is 8. The number of hydroxylamine groups is 1. The van der Waals surface area contributed by atoms with E-state index in [1.54, 1.807) is 48.0 Å². The number of ether oxygens (including phenoxy) is 2. The number of nitrogens with two attached hydrogens (primary N) is 1. The van der Waals surface area contributed by atoms with Crippen molar-refractivity contribution in [3.05, 3.63) is 175 Å². The summed E-state index contributed by atoms with van der Waals surface area (Å²) in [6.07, 6.45) is 16.7. The van der Waals surface area contributed by atoms with Crippen LogP contribution in [0.1, 0.15) is 121 Å². The van der Waals surface area contributed by atoms with E-state index in [0.29, 0.717) is 30.6 Å². The maximum absolute atomic E-state index is 11.2. The van der Waals surface area contributed by atoms with Crippen molar-refractivity contribution in [1.29, 1.82) is 0 Å². The molecule has 24 heteroatoms. The first-order valence-electron chi connectivity index (χ1n) is 30.1. The van der Waals surface area contributed by atoms with Crippen molar-refractivity contribution in [1.82, 2.24) is 44.6 Å². The first kappa shape index (κ1) is 81.3. The average molecular weight is 1290 g/mol. The number of hydrogen-bond acceptors (Lipinski definition) is 19. The molecule has 0 radical (unpaired) electrons. The zero-order valence-electron chi connectivity index (χ0n) is 56.1. The second-order valence-electron chi connectivity index (χ2n) is 22.5. The van der Waals surface area contributed by atoms with E-state index in [-0.39, 0.29) is 59.9 Å². The van der Waals surface area contributed by atoms with Crippen LogP contribution in [0.4, 0.5) is 0 Å². The molecule has 0 unspecified atom stereocenters. The van der Waals surface area contributed by atoms with E-state index in [2.05, 4.69) is 87.2 Å². The molecule has 3 aromatic carbocycles. The van der Waals surface area contributed by atoms with Gasteiger partial charge in [-0.05, 0) is 162 Å². The first-order chi connectivity index (χ1) is 43.6. The number of aromatic nitrogens is 6. The van der Waals surface area contributed by atoms with Crippen LogP contribution >= 0.6 is 0 Å². The quantitative estimate of drug-likeness (QED) is 0.0162. The number of aryl methyl sites for hydroxylation is 6. The van der Waals surface area contributed by atoms with E-state index in [1.165, 1.54) is 71.8 Å². The minimum absolute atomic E-state index is 0. The van der Waals surface area contributed by atoms with Crippen LogP contribution in [-0.4, -0.2) is 166 Å². The molecule has 3 aromatic heterocycles. The number of aliphatic hydroxyl groups is 4. The van der Waals surface area contributed by atoms with Crippen molar-refractivity contribution >= 4 is 42.4 Å². The fourth-order valence-corrected chi connectivity index (χ4v) is 11.4. The number of carbonyl (C=O) groups is 4. The standard InChI is InChI=1S/C22H29N3O3.C21H28N4O3.C12H20N2O.C11H10O3.CH4O.CH3O.H3NO.Na/c1-15-21(16(2)24(3)23-15)12-19-11-20(26)14-25(19)13-18-7-5-17(6-8-18)9-10-22(27)28-4;1-14-20(15(2)24(3)22-14)11-18-10-19(26)13-25(18)12-17-6-4-16(5-7-17)8-9-21(27)23-28;1-8-12(9(2)14(3)13-8)7-10-4-5-11(15)6-10;1-14-11(13)7-6-9-2-4-10(8-12)5-3-9;3*1-2;/h5-10,19-20,26H,11-14H2,1-4H3;4-9,18-19,26,28H,10-13H2,1-3H3,(H,23,27);10-11,15H,4-7H2,1-3H3;2-8H,1H3;2H,1H3;1H3;2H,1H2;/q;;;;;-1;;+1/b10-9+;9-8+;;7-6+;;;;/t19-,20+;18-,19+;10-,11-;;;;;/m111...../s1. The first-order valence-corrected chi connectivity index (χ1v) is 30.1. The zero-order chi connectivity index (χ0) is 67.9. The fraction of sp³-hybridized carbons (Fsp3) is 0.456. The molecule has 2 aliphatic heterocycles. The average Bonchev–Trinajstić information content (AvgIpc) is 1.77. The SMILES string of the molecule is CO.COC(=O)/C=C/c1ccc(C=O)cc1.COC(=O)/C=C/c1ccc(CN2C[C@@H](O)C[C@@H]2Cc2c(C)nn(C)c2C)cc1.C[O-].Cc1nn(C)c(C)c1C[C@@H]1CC[C@@H](O)C1.Cc1nn(C)c(C)c1C[C@H]1C[C@H](O)CN1Cc1ccc(/C=C/C(=O)NO)cc1.NO.[Na+]. The summed E-state index contributed by atoms with van der Waals surface area (Å²) in [7, 11) is 10.4. The minimum atomic E-state index is -0.557. The Morgan fingerprint density at radius 2 is 0.891 bits per heavy atom. The summed E-state index contributed by atoms with van der Waals surface area (Å²) in [6, 6.07) is 23.5. The minimum Gasteiger partial charge on any atom is -0.857 e. The maximum atomic E-state index is 11.2. The number of benzene rings is 3. The Kier molecular flexibility index (Phi) is 37.5. The number of aliphatic hydroxyl groups excluding tert-OH is 4. The summed E-state index contributed by atoms with van der Waals surface area (Å²) in [5.74, 6) is 2.84. The number of nitrogens with one attached hydrogen (secondary N) is 1. The van der Waals surface area contributed by atoms with Gasteiger partial charge < -0.3 is 40.2 Å². The van der Waals surface area contributed by atoms with Gasteiger partial charge in [-0.25, -0.2) is 21.0 Å². The predicted octanol–water partition coefficient (Wildman–Crippen LogP) is 2.48. The van der Waals surface area contributed by atoms with E-state index in [4.69, 9.17) is 20.6 Å². The molecule has 6 atom stereocenters. The Hall–Kier alpha value is -6.81. The van der Waals surface area contributed by atoms with Crippen LogP contribution in [0, 0.1) is 47.5 Å². The van der Waals surface area contributed by atoms with Crippen LogP contribution < -0.4 is 46.0 Å². The Labute approximate surface area is 564 Å². The number of methoxy groups -OCH3 is 2. The smallest absolute Gasteiger partial charge is 0.857 e. The summed E-state index contributed by atoms with van der Waals surface area (Å²) < 4.78 is 14.9. The molecule has 498 valence electrons. The van der Waals surface area contributed by atoms with Crippen LogP contribution in [0.25, 0.3) is 18.2 Å². The molecule has 0 spiro atoms. The van der Waals surface area contributed by atoms with Crippen molar-refractivity contribution in [2.45, 2.75) is 136 Å². The number of nitrogens with zero attached hydrogens (tertiary/aromatic N) is 8. The molecule has 9 rings (SSSR count). The number of rotatable bonds is 17. The molecule has 23 nitrogen and oxygen atoms in total. The van der Waals surface area contributed by atoms with Crippen molar-refractivity contribution in [2.24, 2.45) is 33.0 Å². The molecule has 6 aromatic rings. The van der Waals surface area contributed by atoms with Crippen molar-refractivity contribution in [3.8, 4) is 0 Å². The van der Waals surface area contributed by atoms with E-state index >= 15 is 0 Å². The monoisotopic (exact) mass is 1280 g/mol. The Morgan fingerprint density at radius 1 is 0.554 bits per heavy atom. The zero-order valence-corrected chi connectivity index (χ0v) is 58.1. The summed E-state index contributed by atoms with van der Waals surface area (Å²) in [5, 5.41) is 73.7. The van der Waals surface area contributed by atoms with Gasteiger partial charge >= 0.3 is 41.5 Å². The Morgan fingerprint density at radius 3 is 1.20 bits per heavy atom. The largest absolute Gasteiger partial charge is 1.00 e. The third kappa shape index (κ3) is 25.9. The van der Waals surface area contributed by atoms with Gasteiger partial charge in [0.1, 0.15) is 6.29 Å². The van der Waals surface area contributed by atoms with Gasteiger partial charge in [0.15, 0.2) is 0 Å². The van der Waals surface area contributed by atoms with E-state index in [0.717, 1.165) is 124 Å². The normalized spacial score (nSPS) is 18.3. The second kappa shape index (κ2) is 42.4. The van der Waals surface area contributed by atoms with Crippen molar-refractivity contribution < 1.29 is 94.2 Å². The molecule has 3 aliphatic rings. The summed E-state index contributed by atoms with van der Waals surface area (Å²) >= 11 is 0. The van der Waals surface area contributed by atoms with Crippen molar-refractivity contribution in [3.63, 3.8) is 0 Å². The van der Waals surface area contributed by atoms with Gasteiger partial charge in [0.2, 0.25) is 0 Å². The molecule has 1 aliphatic carbocycles. The summed E-state index contributed by atoms with van der Waals surface area (Å²) in [4.78, 5) is 48.0. The van der Waals surface area contributed by atoms with Gasteiger partial charge in [0, 0.05) is 107 Å². The van der Waals surface area contributed by atoms with Crippen LogP contribution in [0.5, 0.6) is 0 Å². The molecular formula is C68H97N10NaO13. The van der Waals surface area contributed by atoms with Gasteiger partial charge in [-0.3, -0.25) is 38.6 Å². The number of amides is 1. The molecule has 0 bridgehead atoms. The van der Waals surface area contributed by atoms with Crippen LogP contribution in [-0.2, 0) is 77.4 Å². The number of aldehydes is 1. The third-order valence-electron chi connectivity index (χ3n) is 16.4. The molecule has 1 saturated carbocycles. The van der Waals surface area contributed by atoms with E-state index in [9.17, 15) is 34.5 Å². The molecule has 92 heavy (non-hydrogen) atoms. The van der Waals surface area contributed by atoms with Crippen LogP contribution in [0.2, 0.25) is 0 Å². The van der Waals surface area contributed by atoms with Gasteiger partial charge in [0.05, 0.1) is 49.6 Å². The molecule has 1 amide bonds. The summed E-state index contributed by atoms with van der Waals surface area (Å²) in [6.45, 7) is 15.4. The molecule has 5 heterocycles. The van der Waals surface area contributed by atoms with E-state index in [1.807, 2.05) is 78.5 Å². The number of carbonyl (C=O) groups excluding carboxylic acids is 4. The molecule has 3 fully saturated rings. The maximum Gasteiger partial charge on any atom is 1.00 e. The number of β-amino-alcohol motifs (C(OH)–C–C–N with tert-alkyl or cyclic N) is 2. The third-order valence-corrected chi connectivity index (χ3v) is 16.4. The predicted molar refractivity (Wildman–Crippen MR) is 348 cm³/mol. The topological polar surface area (TPSA) is 329 Å². The van der Waals surface area contributed by atoms with Crippen molar-refractivity contribution in [2.75, 3.05) is 41.5 Å². The Bertz CT molecular complexity index is 3130. The van der Waals surface area contributed by atoms with Gasteiger partial charge in [-0.15, -0.1) is 0 Å². The van der Waals surface area contributed by atoms with Gasteiger partial charge in [-0.2, -0.15) is 22.4 Å². The summed E-state index contributed by atoms with van der Waals surface area (Å²) in [5.41, 5.74) is 18.1. The Balaban J connectivity index is 0.000000421. The fourth-order valence-electron chi connectivity index (χ4n) is 11.4. The number of likely N-dealkylation sites (tertiary alicyclic amines) is 2. The van der Waals surface area contributed by atoms with Gasteiger partial charge in [-0.1, -0.05) is 72.8 Å². The molecule has 2 saturated heterocycles. The van der Waals surface area contributed by atoms with Gasteiger partial charge in [0.25, 0.3) is 5.91 Å².